The van der Waals surface area contributed by atoms with Gasteiger partial charge in [0.15, 0.2) is 0 Å². The second-order valence-corrected chi connectivity index (χ2v) is 5.97. The molecule has 2 N–H and O–H groups in total. The molecular formula is C17H26N2O. The molecule has 1 atom stereocenters. The van der Waals surface area contributed by atoms with Crippen LogP contribution in [-0.2, 0) is 11.3 Å². The maximum Gasteiger partial charge on any atom is 0.237 e. The van der Waals surface area contributed by atoms with Crippen molar-refractivity contribution in [3.8, 4) is 0 Å². The van der Waals surface area contributed by atoms with Gasteiger partial charge in [-0.2, -0.15) is 0 Å². The van der Waals surface area contributed by atoms with Crippen molar-refractivity contribution in [2.45, 2.75) is 58.0 Å². The minimum Gasteiger partial charge on any atom is -0.351 e. The molecule has 1 aliphatic rings. The zero-order chi connectivity index (χ0) is 14.4. The normalized spacial score (nSPS) is 19.6. The summed E-state index contributed by atoms with van der Waals surface area (Å²) in [4.78, 5) is 12.1. The fourth-order valence-corrected chi connectivity index (χ4v) is 2.59. The molecule has 3 nitrogen and oxygen atoms in total. The molecule has 1 unspecified atom stereocenters. The van der Waals surface area contributed by atoms with Gasteiger partial charge in [0.05, 0.1) is 6.04 Å². The molecular weight excluding hydrogens is 248 g/mol. The third-order valence-corrected chi connectivity index (χ3v) is 3.99. The second kappa shape index (κ2) is 7.44. The number of hydrogen-bond donors (Lipinski definition) is 2. The van der Waals surface area contributed by atoms with Gasteiger partial charge in [-0.15, -0.1) is 0 Å². The number of carbonyl (C=O) groups is 1. The predicted molar refractivity (Wildman–Crippen MR) is 82.6 cm³/mol. The van der Waals surface area contributed by atoms with Crippen LogP contribution in [-0.4, -0.2) is 18.5 Å². The van der Waals surface area contributed by atoms with E-state index in [-0.39, 0.29) is 11.9 Å². The Bertz CT molecular complexity index is 417. The molecule has 0 radical (unpaired) electrons. The van der Waals surface area contributed by atoms with Crippen LogP contribution in [0.25, 0.3) is 0 Å². The van der Waals surface area contributed by atoms with E-state index in [1.807, 2.05) is 0 Å². The van der Waals surface area contributed by atoms with Crippen molar-refractivity contribution in [3.63, 3.8) is 0 Å². The number of hydrogen-bond acceptors (Lipinski definition) is 2. The molecule has 2 rings (SSSR count). The molecule has 110 valence electrons. The SMILES string of the molecule is CC(C)c1ccc(CNC(=O)C2CCCCCN2)cc1. The van der Waals surface area contributed by atoms with Gasteiger partial charge in [-0.25, -0.2) is 0 Å². The minimum absolute atomic E-state index is 0.00700. The lowest BCUT2D eigenvalue weighted by Crippen LogP contribution is -2.43. The maximum atomic E-state index is 12.1. The lowest BCUT2D eigenvalue weighted by atomic mass is 10.0. The molecule has 0 saturated carbocycles. The van der Waals surface area contributed by atoms with Crippen molar-refractivity contribution in [1.29, 1.82) is 0 Å². The minimum atomic E-state index is -0.00700. The average molecular weight is 274 g/mol. The smallest absolute Gasteiger partial charge is 0.237 e. The second-order valence-electron chi connectivity index (χ2n) is 5.97. The van der Waals surface area contributed by atoms with E-state index in [0.717, 1.165) is 24.9 Å². The Morgan fingerprint density at radius 1 is 1.25 bits per heavy atom. The van der Waals surface area contributed by atoms with Crippen LogP contribution in [0.5, 0.6) is 0 Å². The summed E-state index contributed by atoms with van der Waals surface area (Å²) < 4.78 is 0. The summed E-state index contributed by atoms with van der Waals surface area (Å²) in [6.07, 6.45) is 4.51. The molecule has 1 amide bonds. The Morgan fingerprint density at radius 3 is 2.70 bits per heavy atom. The first-order valence-electron chi connectivity index (χ1n) is 7.77. The van der Waals surface area contributed by atoms with Gasteiger partial charge in [-0.3, -0.25) is 4.79 Å². The quantitative estimate of drug-likeness (QED) is 0.886. The largest absolute Gasteiger partial charge is 0.351 e. The number of benzene rings is 1. The highest BCUT2D eigenvalue weighted by molar-refractivity contribution is 5.81. The van der Waals surface area contributed by atoms with Gasteiger partial charge >= 0.3 is 0 Å². The molecule has 1 fully saturated rings. The molecule has 0 spiro atoms. The fourth-order valence-electron chi connectivity index (χ4n) is 2.59. The molecule has 0 bridgehead atoms. The fraction of sp³-hybridized carbons (Fsp3) is 0.588. The number of carbonyl (C=O) groups excluding carboxylic acids is 1. The molecule has 1 saturated heterocycles. The van der Waals surface area contributed by atoms with E-state index in [9.17, 15) is 4.79 Å². The molecule has 1 aromatic rings. The Kier molecular flexibility index (Phi) is 5.60. The van der Waals surface area contributed by atoms with Crippen molar-refractivity contribution in [1.82, 2.24) is 10.6 Å². The van der Waals surface area contributed by atoms with E-state index in [0.29, 0.717) is 12.5 Å². The van der Waals surface area contributed by atoms with Gasteiger partial charge in [0.25, 0.3) is 0 Å². The molecule has 1 heterocycles. The molecule has 1 aliphatic heterocycles. The van der Waals surface area contributed by atoms with E-state index in [2.05, 4.69) is 48.7 Å². The summed E-state index contributed by atoms with van der Waals surface area (Å²) >= 11 is 0. The summed E-state index contributed by atoms with van der Waals surface area (Å²) in [5.74, 6) is 0.689. The third kappa shape index (κ3) is 4.34. The summed E-state index contributed by atoms with van der Waals surface area (Å²) in [5, 5.41) is 6.37. The Morgan fingerprint density at radius 2 is 2.00 bits per heavy atom. The average Bonchev–Trinajstić information content (AvgIpc) is 2.74. The third-order valence-electron chi connectivity index (χ3n) is 3.99. The van der Waals surface area contributed by atoms with E-state index in [1.54, 1.807) is 0 Å². The van der Waals surface area contributed by atoms with Crippen LogP contribution in [0.1, 0.15) is 56.6 Å². The Hall–Kier alpha value is -1.35. The van der Waals surface area contributed by atoms with Gasteiger partial charge in [0.2, 0.25) is 5.91 Å². The van der Waals surface area contributed by atoms with Crippen molar-refractivity contribution in [2.75, 3.05) is 6.54 Å². The van der Waals surface area contributed by atoms with E-state index in [4.69, 9.17) is 0 Å². The van der Waals surface area contributed by atoms with E-state index >= 15 is 0 Å². The Balaban J connectivity index is 1.83. The van der Waals surface area contributed by atoms with Crippen molar-refractivity contribution in [2.24, 2.45) is 0 Å². The van der Waals surface area contributed by atoms with Gasteiger partial charge in [-0.05, 0) is 36.4 Å². The van der Waals surface area contributed by atoms with Crippen LogP contribution in [0.15, 0.2) is 24.3 Å². The van der Waals surface area contributed by atoms with Crippen LogP contribution < -0.4 is 10.6 Å². The van der Waals surface area contributed by atoms with Gasteiger partial charge in [-0.1, -0.05) is 51.0 Å². The first-order valence-corrected chi connectivity index (χ1v) is 7.77. The Labute approximate surface area is 122 Å². The van der Waals surface area contributed by atoms with Gasteiger partial charge in [0.1, 0.15) is 0 Å². The lowest BCUT2D eigenvalue weighted by Gasteiger charge is -2.15. The number of nitrogens with one attached hydrogen (secondary N) is 2. The predicted octanol–water partition coefficient (Wildman–Crippen LogP) is 2.96. The van der Waals surface area contributed by atoms with E-state index < -0.39 is 0 Å². The van der Waals surface area contributed by atoms with Crippen LogP contribution >= 0.6 is 0 Å². The summed E-state index contributed by atoms with van der Waals surface area (Å²) in [6, 6.07) is 8.51. The first kappa shape index (κ1) is 15.0. The highest BCUT2D eigenvalue weighted by Crippen LogP contribution is 2.14. The first-order chi connectivity index (χ1) is 9.66. The standard InChI is InChI=1S/C17H26N2O/c1-13(2)15-9-7-14(8-10-15)12-19-17(20)16-6-4-3-5-11-18-16/h7-10,13,16,18H,3-6,11-12H2,1-2H3,(H,19,20). The molecule has 1 aromatic carbocycles. The monoisotopic (exact) mass is 274 g/mol. The zero-order valence-electron chi connectivity index (χ0n) is 12.6. The molecule has 20 heavy (non-hydrogen) atoms. The summed E-state index contributed by atoms with van der Waals surface area (Å²) in [7, 11) is 0. The molecule has 0 aliphatic carbocycles. The van der Waals surface area contributed by atoms with Crippen LogP contribution in [0.4, 0.5) is 0 Å². The molecule has 0 aromatic heterocycles. The highest BCUT2D eigenvalue weighted by atomic mass is 16.2. The van der Waals surface area contributed by atoms with Crippen molar-refractivity contribution < 1.29 is 4.79 Å². The van der Waals surface area contributed by atoms with E-state index in [1.165, 1.54) is 18.4 Å². The van der Waals surface area contributed by atoms with Gasteiger partial charge in [0, 0.05) is 6.54 Å². The molecule has 3 heteroatoms. The van der Waals surface area contributed by atoms with Crippen LogP contribution in [0.2, 0.25) is 0 Å². The lowest BCUT2D eigenvalue weighted by molar-refractivity contribution is -0.123. The van der Waals surface area contributed by atoms with Crippen molar-refractivity contribution >= 4 is 5.91 Å². The number of amides is 1. The topological polar surface area (TPSA) is 41.1 Å². The maximum absolute atomic E-state index is 12.1. The van der Waals surface area contributed by atoms with Crippen LogP contribution in [0.3, 0.4) is 0 Å². The van der Waals surface area contributed by atoms with Gasteiger partial charge < -0.3 is 10.6 Å². The van der Waals surface area contributed by atoms with Crippen LogP contribution in [0, 0.1) is 0 Å². The van der Waals surface area contributed by atoms with Crippen molar-refractivity contribution in [3.05, 3.63) is 35.4 Å². The summed E-state index contributed by atoms with van der Waals surface area (Å²) in [6.45, 7) is 5.96. The number of rotatable bonds is 4. The highest BCUT2D eigenvalue weighted by Gasteiger charge is 2.18. The zero-order valence-corrected chi connectivity index (χ0v) is 12.6. The summed E-state index contributed by atoms with van der Waals surface area (Å²) in [5.41, 5.74) is 2.50.